The molecule has 2 heterocycles. The summed E-state index contributed by atoms with van der Waals surface area (Å²) in [7, 11) is 0. The van der Waals surface area contributed by atoms with Crippen LogP contribution < -0.4 is 4.90 Å². The molecule has 2 rings (SSSR count). The Bertz CT molecular complexity index is 332. The van der Waals surface area contributed by atoms with Crippen LogP contribution in [0.15, 0.2) is 18.3 Å². The topological polar surface area (TPSA) is 25.4 Å². The molecule has 0 bridgehead atoms. The highest BCUT2D eigenvalue weighted by atomic mass is 79.9. The second kappa shape index (κ2) is 4.94. The van der Waals surface area contributed by atoms with E-state index in [0.29, 0.717) is 6.10 Å². The fourth-order valence-corrected chi connectivity index (χ4v) is 2.17. The molecule has 1 fully saturated rings. The van der Waals surface area contributed by atoms with Gasteiger partial charge in [-0.3, -0.25) is 4.98 Å². The van der Waals surface area contributed by atoms with E-state index in [1.54, 1.807) is 0 Å². The zero-order chi connectivity index (χ0) is 10.7. The van der Waals surface area contributed by atoms with Crippen LogP contribution in [0.3, 0.4) is 0 Å². The van der Waals surface area contributed by atoms with Crippen molar-refractivity contribution in [1.82, 2.24) is 4.98 Å². The van der Waals surface area contributed by atoms with Crippen molar-refractivity contribution in [2.24, 2.45) is 0 Å². The summed E-state index contributed by atoms with van der Waals surface area (Å²) in [5.74, 6) is 0. The fraction of sp³-hybridized carbons (Fsp3) is 0.545. The molecule has 3 nitrogen and oxygen atoms in total. The van der Waals surface area contributed by atoms with E-state index in [2.05, 4.69) is 37.9 Å². The Kier molecular flexibility index (Phi) is 3.59. The number of nitrogens with zero attached hydrogens (tertiary/aromatic N) is 2. The van der Waals surface area contributed by atoms with Gasteiger partial charge in [0.15, 0.2) is 0 Å². The molecule has 82 valence electrons. The molecule has 0 amide bonds. The van der Waals surface area contributed by atoms with Gasteiger partial charge < -0.3 is 9.64 Å². The first-order chi connectivity index (χ1) is 7.29. The summed E-state index contributed by atoms with van der Waals surface area (Å²) < 4.78 is 5.60. The van der Waals surface area contributed by atoms with Crippen molar-refractivity contribution in [1.29, 1.82) is 0 Å². The molecule has 0 spiro atoms. The van der Waals surface area contributed by atoms with E-state index in [4.69, 9.17) is 4.74 Å². The average Bonchev–Trinajstić information content (AvgIpc) is 2.29. The van der Waals surface area contributed by atoms with Crippen LogP contribution in [0.5, 0.6) is 0 Å². The first kappa shape index (κ1) is 10.9. The first-order valence-electron chi connectivity index (χ1n) is 5.15. The minimum absolute atomic E-state index is 0.298. The van der Waals surface area contributed by atoms with Gasteiger partial charge in [0, 0.05) is 36.0 Å². The number of pyridine rings is 1. The van der Waals surface area contributed by atoms with Crippen molar-refractivity contribution in [3.63, 3.8) is 0 Å². The Morgan fingerprint density at radius 2 is 2.53 bits per heavy atom. The summed E-state index contributed by atoms with van der Waals surface area (Å²) in [6.07, 6.45) is 2.16. The number of ether oxygens (including phenoxy) is 1. The van der Waals surface area contributed by atoms with Gasteiger partial charge in [0.2, 0.25) is 0 Å². The number of halogens is 1. The van der Waals surface area contributed by atoms with E-state index >= 15 is 0 Å². The molecule has 1 aromatic rings. The molecule has 15 heavy (non-hydrogen) atoms. The third-order valence-electron chi connectivity index (χ3n) is 2.56. The summed E-state index contributed by atoms with van der Waals surface area (Å²) in [6, 6.07) is 4.18. The molecule has 1 aliphatic rings. The Morgan fingerprint density at radius 3 is 3.27 bits per heavy atom. The van der Waals surface area contributed by atoms with Gasteiger partial charge in [-0.15, -0.1) is 0 Å². The fourth-order valence-electron chi connectivity index (χ4n) is 1.77. The van der Waals surface area contributed by atoms with E-state index in [1.807, 2.05) is 13.1 Å². The van der Waals surface area contributed by atoms with Crippen LogP contribution in [0.2, 0.25) is 0 Å². The highest BCUT2D eigenvalue weighted by Crippen LogP contribution is 2.18. The Labute approximate surface area is 98.6 Å². The number of anilines is 1. The smallest absolute Gasteiger partial charge is 0.0847 e. The Hall–Kier alpha value is -0.610. The maximum atomic E-state index is 5.60. The Balaban J connectivity index is 2.09. The van der Waals surface area contributed by atoms with Gasteiger partial charge in [-0.1, -0.05) is 15.9 Å². The second-order valence-electron chi connectivity index (χ2n) is 3.75. The second-order valence-corrected chi connectivity index (χ2v) is 4.40. The van der Waals surface area contributed by atoms with Crippen molar-refractivity contribution in [2.75, 3.05) is 29.9 Å². The Morgan fingerprint density at radius 1 is 1.67 bits per heavy atom. The normalized spacial score (nSPS) is 21.7. The molecule has 1 unspecified atom stereocenters. The van der Waals surface area contributed by atoms with Crippen molar-refractivity contribution < 1.29 is 4.74 Å². The highest BCUT2D eigenvalue weighted by Gasteiger charge is 2.19. The lowest BCUT2D eigenvalue weighted by molar-refractivity contribution is 0.0571. The van der Waals surface area contributed by atoms with Gasteiger partial charge in [-0.25, -0.2) is 0 Å². The maximum absolute atomic E-state index is 5.60. The molecular formula is C11H15BrN2O. The molecule has 1 atom stereocenters. The molecule has 0 radical (unpaired) electrons. The standard InChI is InChI=1S/C11H15BrN2O/c1-9-6-10(2-3-13-9)14-4-5-15-11(7-12)8-14/h2-3,6,11H,4-5,7-8H2,1H3. The van der Waals surface area contributed by atoms with E-state index in [9.17, 15) is 0 Å². The first-order valence-corrected chi connectivity index (χ1v) is 6.27. The molecule has 0 aromatic carbocycles. The third kappa shape index (κ3) is 2.69. The largest absolute Gasteiger partial charge is 0.374 e. The van der Waals surface area contributed by atoms with Crippen LogP contribution in [0.1, 0.15) is 5.69 Å². The lowest BCUT2D eigenvalue weighted by Gasteiger charge is -2.33. The molecule has 0 N–H and O–H groups in total. The molecule has 0 saturated carbocycles. The molecule has 4 heteroatoms. The molecule has 1 saturated heterocycles. The summed E-state index contributed by atoms with van der Waals surface area (Å²) >= 11 is 3.46. The van der Waals surface area contributed by atoms with E-state index in [1.165, 1.54) is 5.69 Å². The van der Waals surface area contributed by atoms with Gasteiger partial charge in [0.1, 0.15) is 0 Å². The van der Waals surface area contributed by atoms with Crippen molar-refractivity contribution in [3.8, 4) is 0 Å². The third-order valence-corrected chi connectivity index (χ3v) is 3.28. The monoisotopic (exact) mass is 270 g/mol. The average molecular weight is 271 g/mol. The number of aromatic nitrogens is 1. The summed E-state index contributed by atoms with van der Waals surface area (Å²) in [5.41, 5.74) is 2.31. The van der Waals surface area contributed by atoms with Gasteiger partial charge in [0.25, 0.3) is 0 Å². The van der Waals surface area contributed by atoms with E-state index in [-0.39, 0.29) is 0 Å². The van der Waals surface area contributed by atoms with Crippen LogP contribution in [-0.2, 0) is 4.74 Å². The van der Waals surface area contributed by atoms with Gasteiger partial charge in [0.05, 0.1) is 12.7 Å². The molecule has 0 aliphatic carbocycles. The van der Waals surface area contributed by atoms with Crippen molar-refractivity contribution in [3.05, 3.63) is 24.0 Å². The van der Waals surface area contributed by atoms with Crippen LogP contribution >= 0.6 is 15.9 Å². The predicted octanol–water partition coefficient (Wildman–Crippen LogP) is 1.99. The van der Waals surface area contributed by atoms with Crippen LogP contribution in [0.25, 0.3) is 0 Å². The van der Waals surface area contributed by atoms with Crippen LogP contribution in [-0.4, -0.2) is 36.1 Å². The lowest BCUT2D eigenvalue weighted by atomic mass is 10.2. The number of aryl methyl sites for hydroxylation is 1. The zero-order valence-corrected chi connectivity index (χ0v) is 10.4. The predicted molar refractivity (Wildman–Crippen MR) is 64.7 cm³/mol. The number of rotatable bonds is 2. The maximum Gasteiger partial charge on any atom is 0.0847 e. The van der Waals surface area contributed by atoms with Gasteiger partial charge in [-0.05, 0) is 19.1 Å². The van der Waals surface area contributed by atoms with E-state index < -0.39 is 0 Å². The lowest BCUT2D eigenvalue weighted by Crippen LogP contribution is -2.43. The summed E-state index contributed by atoms with van der Waals surface area (Å²) in [6.45, 7) is 4.74. The number of alkyl halides is 1. The SMILES string of the molecule is Cc1cc(N2CCOC(CBr)C2)ccn1. The van der Waals surface area contributed by atoms with Gasteiger partial charge in [-0.2, -0.15) is 0 Å². The molecular weight excluding hydrogens is 256 g/mol. The van der Waals surface area contributed by atoms with E-state index in [0.717, 1.165) is 30.7 Å². The van der Waals surface area contributed by atoms with Crippen LogP contribution in [0.4, 0.5) is 5.69 Å². The highest BCUT2D eigenvalue weighted by molar-refractivity contribution is 9.09. The van der Waals surface area contributed by atoms with Crippen LogP contribution in [0, 0.1) is 6.92 Å². The summed E-state index contributed by atoms with van der Waals surface area (Å²) in [5, 5.41) is 0.896. The molecule has 1 aliphatic heterocycles. The zero-order valence-electron chi connectivity index (χ0n) is 8.82. The molecule has 1 aromatic heterocycles. The number of hydrogen-bond donors (Lipinski definition) is 0. The summed E-state index contributed by atoms with van der Waals surface area (Å²) in [4.78, 5) is 6.56. The van der Waals surface area contributed by atoms with Crippen molar-refractivity contribution in [2.45, 2.75) is 13.0 Å². The van der Waals surface area contributed by atoms with Gasteiger partial charge >= 0.3 is 0 Å². The van der Waals surface area contributed by atoms with Crippen molar-refractivity contribution >= 4 is 21.6 Å². The minimum atomic E-state index is 0.298. The number of hydrogen-bond acceptors (Lipinski definition) is 3. The number of morpholine rings is 1. The quantitative estimate of drug-likeness (QED) is 0.769. The minimum Gasteiger partial charge on any atom is -0.374 e.